The van der Waals surface area contributed by atoms with E-state index in [0.717, 1.165) is 25.9 Å². The predicted molar refractivity (Wildman–Crippen MR) is 99.7 cm³/mol. The normalized spacial score (nSPS) is 18.5. The Morgan fingerprint density at radius 1 is 1.04 bits per heavy atom. The Balaban J connectivity index is 1.61. The minimum Gasteiger partial charge on any atom is -0.342 e. The van der Waals surface area contributed by atoms with E-state index in [1.165, 1.54) is 0 Å². The van der Waals surface area contributed by atoms with Crippen LogP contribution in [-0.4, -0.2) is 70.9 Å². The quantitative estimate of drug-likeness (QED) is 0.691. The van der Waals surface area contributed by atoms with Crippen molar-refractivity contribution in [2.45, 2.75) is 39.5 Å². The minimum atomic E-state index is -0.782. The predicted octanol–water partition coefficient (Wildman–Crippen LogP) is 1.55. The molecule has 1 saturated heterocycles. The van der Waals surface area contributed by atoms with Gasteiger partial charge in [0.05, 0.1) is 0 Å². The van der Waals surface area contributed by atoms with E-state index < -0.39 is 5.41 Å². The van der Waals surface area contributed by atoms with Gasteiger partial charge in [0.2, 0.25) is 17.8 Å². The second-order valence-corrected chi connectivity index (χ2v) is 7.20. The molecule has 1 aromatic heterocycles. The first-order valence-corrected chi connectivity index (χ1v) is 9.73. The summed E-state index contributed by atoms with van der Waals surface area (Å²) < 4.78 is 0. The number of amides is 2. The summed E-state index contributed by atoms with van der Waals surface area (Å²) in [5.74, 6) is 0.766. The highest BCUT2D eigenvalue weighted by molar-refractivity contribution is 6.07. The first kappa shape index (κ1) is 18.6. The van der Waals surface area contributed by atoms with Gasteiger partial charge in [-0.05, 0) is 31.7 Å². The molecule has 2 aliphatic rings. The zero-order chi connectivity index (χ0) is 18.6. The molecule has 0 N–H and O–H groups in total. The van der Waals surface area contributed by atoms with Gasteiger partial charge in [-0.1, -0.05) is 13.8 Å². The largest absolute Gasteiger partial charge is 0.342 e. The molecule has 0 unspecified atom stereocenters. The number of anilines is 1. The van der Waals surface area contributed by atoms with Crippen molar-refractivity contribution in [3.8, 4) is 0 Å². The van der Waals surface area contributed by atoms with E-state index in [1.807, 2.05) is 9.80 Å². The number of piperazine rings is 1. The van der Waals surface area contributed by atoms with Crippen LogP contribution in [0.2, 0.25) is 0 Å². The lowest BCUT2D eigenvalue weighted by atomic mass is 10.0. The molecular formula is C19H29N5O2. The maximum absolute atomic E-state index is 13.1. The summed E-state index contributed by atoms with van der Waals surface area (Å²) in [7, 11) is 0. The third-order valence-corrected chi connectivity index (χ3v) is 5.24. The molecule has 0 aromatic carbocycles. The summed E-state index contributed by atoms with van der Waals surface area (Å²) in [6.07, 6.45) is 6.69. The monoisotopic (exact) mass is 359 g/mol. The summed E-state index contributed by atoms with van der Waals surface area (Å²) in [6.45, 7) is 8.26. The fraction of sp³-hybridized carbons (Fsp3) is 0.684. The van der Waals surface area contributed by atoms with Gasteiger partial charge in [0.25, 0.3) is 0 Å². The van der Waals surface area contributed by atoms with Crippen LogP contribution in [0.4, 0.5) is 5.95 Å². The second kappa shape index (κ2) is 8.01. The van der Waals surface area contributed by atoms with Crippen LogP contribution in [0.15, 0.2) is 18.5 Å². The first-order chi connectivity index (χ1) is 12.6. The van der Waals surface area contributed by atoms with E-state index in [2.05, 4.69) is 28.7 Å². The van der Waals surface area contributed by atoms with Gasteiger partial charge < -0.3 is 14.7 Å². The van der Waals surface area contributed by atoms with E-state index in [1.54, 1.807) is 18.5 Å². The van der Waals surface area contributed by atoms with Gasteiger partial charge in [-0.2, -0.15) is 0 Å². The summed E-state index contributed by atoms with van der Waals surface area (Å²) in [5.41, 5.74) is -0.782. The molecule has 1 aliphatic carbocycles. The molecule has 7 heteroatoms. The molecule has 0 spiro atoms. The molecule has 26 heavy (non-hydrogen) atoms. The highest BCUT2D eigenvalue weighted by Gasteiger charge is 2.59. The van der Waals surface area contributed by atoms with Gasteiger partial charge in [0.15, 0.2) is 0 Å². The van der Waals surface area contributed by atoms with E-state index >= 15 is 0 Å². The molecule has 1 saturated carbocycles. The summed E-state index contributed by atoms with van der Waals surface area (Å²) in [6, 6.07) is 1.80. The molecule has 142 valence electrons. The third-order valence-electron chi connectivity index (χ3n) is 5.24. The summed E-state index contributed by atoms with van der Waals surface area (Å²) in [5, 5.41) is 0. The molecule has 1 aromatic rings. The van der Waals surface area contributed by atoms with Gasteiger partial charge in [-0.15, -0.1) is 0 Å². The molecule has 2 amide bonds. The Kier molecular flexibility index (Phi) is 5.74. The van der Waals surface area contributed by atoms with E-state index in [-0.39, 0.29) is 11.8 Å². The number of carbonyl (C=O) groups is 2. The van der Waals surface area contributed by atoms with Crippen molar-refractivity contribution in [2.75, 3.05) is 44.2 Å². The maximum atomic E-state index is 13.1. The van der Waals surface area contributed by atoms with Crippen LogP contribution in [-0.2, 0) is 9.59 Å². The van der Waals surface area contributed by atoms with Gasteiger partial charge in [-0.3, -0.25) is 9.59 Å². The Bertz CT molecular complexity index is 618. The summed E-state index contributed by atoms with van der Waals surface area (Å²) in [4.78, 5) is 40.5. The lowest BCUT2D eigenvalue weighted by molar-refractivity contribution is -0.149. The van der Waals surface area contributed by atoms with Crippen LogP contribution in [0, 0.1) is 5.41 Å². The minimum absolute atomic E-state index is 0.0216. The van der Waals surface area contributed by atoms with Crippen molar-refractivity contribution in [1.29, 1.82) is 0 Å². The van der Waals surface area contributed by atoms with Crippen LogP contribution in [0.3, 0.4) is 0 Å². The van der Waals surface area contributed by atoms with Crippen LogP contribution < -0.4 is 4.90 Å². The molecule has 0 radical (unpaired) electrons. The van der Waals surface area contributed by atoms with Crippen LogP contribution in [0.5, 0.6) is 0 Å². The number of aromatic nitrogens is 2. The molecule has 0 bridgehead atoms. The molecule has 3 rings (SSSR count). The number of rotatable bonds is 7. The standard InChI is InChI=1S/C19H29N5O2/c1-3-10-22(11-4-2)16(25)19(6-7-19)17(26)23-12-14-24(15-13-23)18-20-8-5-9-21-18/h5,8-9H,3-4,6-7,10-15H2,1-2H3. The zero-order valence-electron chi connectivity index (χ0n) is 15.9. The highest BCUT2D eigenvalue weighted by atomic mass is 16.2. The molecule has 2 fully saturated rings. The number of carbonyl (C=O) groups excluding carboxylic acids is 2. The number of hydrogen-bond acceptors (Lipinski definition) is 5. The Morgan fingerprint density at radius 2 is 1.62 bits per heavy atom. The molecular weight excluding hydrogens is 330 g/mol. The molecule has 2 heterocycles. The lowest BCUT2D eigenvalue weighted by Gasteiger charge is -2.37. The Labute approximate surface area is 155 Å². The SMILES string of the molecule is CCCN(CCC)C(=O)C1(C(=O)N2CCN(c3ncccn3)CC2)CC1. The van der Waals surface area contributed by atoms with E-state index in [9.17, 15) is 9.59 Å². The number of hydrogen-bond donors (Lipinski definition) is 0. The van der Waals surface area contributed by atoms with Crippen molar-refractivity contribution in [1.82, 2.24) is 19.8 Å². The Morgan fingerprint density at radius 3 is 2.12 bits per heavy atom. The third kappa shape index (κ3) is 3.66. The highest BCUT2D eigenvalue weighted by Crippen LogP contribution is 2.49. The van der Waals surface area contributed by atoms with E-state index in [4.69, 9.17) is 0 Å². The number of nitrogens with zero attached hydrogens (tertiary/aromatic N) is 5. The second-order valence-electron chi connectivity index (χ2n) is 7.20. The van der Waals surface area contributed by atoms with Crippen molar-refractivity contribution in [3.05, 3.63) is 18.5 Å². The Hall–Kier alpha value is -2.18. The first-order valence-electron chi connectivity index (χ1n) is 9.73. The van der Waals surface area contributed by atoms with Gasteiger partial charge in [0.1, 0.15) is 5.41 Å². The van der Waals surface area contributed by atoms with Crippen molar-refractivity contribution in [2.24, 2.45) is 5.41 Å². The van der Waals surface area contributed by atoms with Crippen molar-refractivity contribution >= 4 is 17.8 Å². The van der Waals surface area contributed by atoms with Crippen molar-refractivity contribution in [3.63, 3.8) is 0 Å². The fourth-order valence-electron chi connectivity index (χ4n) is 3.67. The fourth-order valence-corrected chi connectivity index (χ4v) is 3.67. The average Bonchev–Trinajstić information content (AvgIpc) is 3.49. The van der Waals surface area contributed by atoms with Crippen LogP contribution >= 0.6 is 0 Å². The van der Waals surface area contributed by atoms with Crippen LogP contribution in [0.1, 0.15) is 39.5 Å². The van der Waals surface area contributed by atoms with Crippen LogP contribution in [0.25, 0.3) is 0 Å². The molecule has 1 aliphatic heterocycles. The van der Waals surface area contributed by atoms with Crippen molar-refractivity contribution < 1.29 is 9.59 Å². The smallest absolute Gasteiger partial charge is 0.238 e. The van der Waals surface area contributed by atoms with Gasteiger partial charge in [0, 0.05) is 51.7 Å². The topological polar surface area (TPSA) is 69.6 Å². The van der Waals surface area contributed by atoms with Gasteiger partial charge in [-0.25, -0.2) is 9.97 Å². The summed E-state index contributed by atoms with van der Waals surface area (Å²) >= 11 is 0. The maximum Gasteiger partial charge on any atom is 0.238 e. The van der Waals surface area contributed by atoms with Gasteiger partial charge >= 0.3 is 0 Å². The zero-order valence-corrected chi connectivity index (χ0v) is 15.9. The average molecular weight is 359 g/mol. The van der Waals surface area contributed by atoms with E-state index in [0.29, 0.717) is 45.0 Å². The molecule has 7 nitrogen and oxygen atoms in total. The lowest BCUT2D eigenvalue weighted by Crippen LogP contribution is -2.54. The molecule has 0 atom stereocenters.